The maximum absolute atomic E-state index is 12.0. The van der Waals surface area contributed by atoms with Gasteiger partial charge >= 0.3 is 0 Å². The number of allylic oxidation sites excluding steroid dienone is 1. The molecule has 2 amide bonds. The fraction of sp³-hybridized carbons (Fsp3) is 0.533. The van der Waals surface area contributed by atoms with Crippen molar-refractivity contribution in [1.29, 1.82) is 0 Å². The van der Waals surface area contributed by atoms with Gasteiger partial charge in [0.25, 0.3) is 0 Å². The highest BCUT2D eigenvalue weighted by atomic mass is 16.2. The van der Waals surface area contributed by atoms with Crippen molar-refractivity contribution in [2.45, 2.75) is 45.7 Å². The van der Waals surface area contributed by atoms with E-state index >= 15 is 0 Å². The molecular formula is C15H22N4O2. The first-order valence-corrected chi connectivity index (χ1v) is 7.22. The van der Waals surface area contributed by atoms with E-state index in [9.17, 15) is 9.59 Å². The van der Waals surface area contributed by atoms with Crippen LogP contribution in [0.1, 0.15) is 30.7 Å². The molecular weight excluding hydrogens is 268 g/mol. The van der Waals surface area contributed by atoms with Gasteiger partial charge in [0.2, 0.25) is 11.8 Å². The molecule has 114 valence electrons. The van der Waals surface area contributed by atoms with Gasteiger partial charge in [0, 0.05) is 24.7 Å². The summed E-state index contributed by atoms with van der Waals surface area (Å²) >= 11 is 0. The Bertz CT molecular complexity index is 562. The Balaban J connectivity index is 1.88. The Hall–Kier alpha value is -2.11. The van der Waals surface area contributed by atoms with Crippen molar-refractivity contribution in [3.63, 3.8) is 0 Å². The number of nitrogens with zero attached hydrogens (tertiary/aromatic N) is 2. The fourth-order valence-corrected chi connectivity index (χ4v) is 2.68. The lowest BCUT2D eigenvalue weighted by Crippen LogP contribution is -2.46. The number of hydrogen-bond donors (Lipinski definition) is 2. The van der Waals surface area contributed by atoms with Gasteiger partial charge in [0.1, 0.15) is 0 Å². The van der Waals surface area contributed by atoms with Crippen molar-refractivity contribution in [2.75, 3.05) is 0 Å². The minimum Gasteiger partial charge on any atom is -0.369 e. The van der Waals surface area contributed by atoms with Gasteiger partial charge in [-0.25, -0.2) is 0 Å². The first-order chi connectivity index (χ1) is 9.97. The number of carbonyl (C=O) groups excluding carboxylic acids is 2. The second-order valence-electron chi connectivity index (χ2n) is 5.53. The van der Waals surface area contributed by atoms with Crippen LogP contribution in [0.5, 0.6) is 0 Å². The summed E-state index contributed by atoms with van der Waals surface area (Å²) in [5, 5.41) is 7.24. The summed E-state index contributed by atoms with van der Waals surface area (Å²) < 4.78 is 1.82. The second-order valence-corrected chi connectivity index (χ2v) is 5.53. The monoisotopic (exact) mass is 290 g/mol. The Morgan fingerprint density at radius 1 is 1.38 bits per heavy atom. The van der Waals surface area contributed by atoms with E-state index in [1.165, 1.54) is 0 Å². The number of nitrogens with two attached hydrogens (primary N) is 1. The van der Waals surface area contributed by atoms with Gasteiger partial charge in [-0.3, -0.25) is 14.3 Å². The number of rotatable bonds is 5. The molecule has 3 N–H and O–H groups in total. The summed E-state index contributed by atoms with van der Waals surface area (Å²) in [6, 6.07) is 1.79. The average Bonchev–Trinajstić information content (AvgIpc) is 2.75. The predicted molar refractivity (Wildman–Crippen MR) is 79.3 cm³/mol. The van der Waals surface area contributed by atoms with E-state index < -0.39 is 0 Å². The lowest BCUT2D eigenvalue weighted by molar-refractivity contribution is -0.125. The first kappa shape index (κ1) is 15.3. The number of aromatic nitrogens is 2. The van der Waals surface area contributed by atoms with E-state index in [4.69, 9.17) is 5.73 Å². The van der Waals surface area contributed by atoms with Crippen LogP contribution in [0.4, 0.5) is 0 Å². The Kier molecular flexibility index (Phi) is 4.77. The van der Waals surface area contributed by atoms with Gasteiger partial charge in [0.15, 0.2) is 0 Å². The highest BCUT2D eigenvalue weighted by Crippen LogP contribution is 2.18. The zero-order chi connectivity index (χ0) is 15.4. The summed E-state index contributed by atoms with van der Waals surface area (Å²) in [6.07, 6.45) is 5.50. The molecule has 0 saturated carbocycles. The predicted octanol–water partition coefficient (Wildman–Crippen LogP) is 0.826. The van der Waals surface area contributed by atoms with E-state index in [-0.39, 0.29) is 23.8 Å². The zero-order valence-electron chi connectivity index (χ0n) is 12.5. The van der Waals surface area contributed by atoms with E-state index in [0.29, 0.717) is 25.8 Å². The number of amides is 2. The first-order valence-electron chi connectivity index (χ1n) is 7.22. The van der Waals surface area contributed by atoms with E-state index in [0.717, 1.165) is 11.4 Å². The molecule has 1 aromatic heterocycles. The molecule has 1 aliphatic carbocycles. The topological polar surface area (TPSA) is 90.0 Å². The van der Waals surface area contributed by atoms with Crippen LogP contribution in [-0.4, -0.2) is 27.6 Å². The number of primary amides is 1. The van der Waals surface area contributed by atoms with Crippen LogP contribution in [-0.2, 0) is 16.1 Å². The minimum absolute atomic E-state index is 0.0749. The molecule has 0 unspecified atom stereocenters. The van der Waals surface area contributed by atoms with Gasteiger partial charge in [-0.05, 0) is 32.8 Å². The molecule has 0 saturated heterocycles. The van der Waals surface area contributed by atoms with Crippen LogP contribution >= 0.6 is 0 Å². The molecule has 0 aliphatic heterocycles. The largest absolute Gasteiger partial charge is 0.369 e. The van der Waals surface area contributed by atoms with Gasteiger partial charge in [-0.15, -0.1) is 0 Å². The van der Waals surface area contributed by atoms with Gasteiger partial charge in [-0.2, -0.15) is 5.10 Å². The summed E-state index contributed by atoms with van der Waals surface area (Å²) in [4.78, 5) is 23.4. The van der Waals surface area contributed by atoms with E-state index in [2.05, 4.69) is 10.4 Å². The van der Waals surface area contributed by atoms with Crippen LogP contribution in [0.3, 0.4) is 0 Å². The third kappa shape index (κ3) is 3.93. The quantitative estimate of drug-likeness (QED) is 0.787. The molecule has 1 aromatic rings. The van der Waals surface area contributed by atoms with Crippen LogP contribution in [0, 0.1) is 19.8 Å². The maximum atomic E-state index is 12.0. The van der Waals surface area contributed by atoms with Crippen LogP contribution in [0.25, 0.3) is 0 Å². The van der Waals surface area contributed by atoms with Crippen LogP contribution in [0.15, 0.2) is 18.2 Å². The van der Waals surface area contributed by atoms with Crippen molar-refractivity contribution in [1.82, 2.24) is 15.1 Å². The summed E-state index contributed by atoms with van der Waals surface area (Å²) in [6.45, 7) is 4.43. The van der Waals surface area contributed by atoms with Crippen molar-refractivity contribution >= 4 is 11.8 Å². The Morgan fingerprint density at radius 3 is 2.71 bits per heavy atom. The number of nitrogens with one attached hydrogen (secondary N) is 1. The minimum atomic E-state index is -0.358. The van der Waals surface area contributed by atoms with Gasteiger partial charge in [0.05, 0.1) is 11.6 Å². The molecule has 6 heteroatoms. The zero-order valence-corrected chi connectivity index (χ0v) is 12.5. The van der Waals surface area contributed by atoms with Crippen molar-refractivity contribution in [3.8, 4) is 0 Å². The maximum Gasteiger partial charge on any atom is 0.222 e. The number of carbonyl (C=O) groups is 2. The lowest BCUT2D eigenvalue weighted by atomic mass is 9.88. The summed E-state index contributed by atoms with van der Waals surface area (Å²) in [7, 11) is 0. The molecule has 1 aliphatic rings. The smallest absolute Gasteiger partial charge is 0.222 e. The third-order valence-corrected chi connectivity index (χ3v) is 3.80. The standard InChI is InChI=1S/C15H22N4O2/c1-10-9-11(2)19(18-10)8-7-14(20)17-13-6-4-3-5-12(13)15(16)21/h3-4,9,12-13H,5-8H2,1-2H3,(H2,16,21)(H,17,20)/t12-,13-/m1/s1. The van der Waals surface area contributed by atoms with Crippen molar-refractivity contribution in [2.24, 2.45) is 11.7 Å². The molecule has 0 spiro atoms. The molecule has 1 heterocycles. The number of aryl methyl sites for hydroxylation is 3. The molecule has 0 bridgehead atoms. The average molecular weight is 290 g/mol. The third-order valence-electron chi connectivity index (χ3n) is 3.80. The molecule has 6 nitrogen and oxygen atoms in total. The molecule has 0 fully saturated rings. The summed E-state index contributed by atoms with van der Waals surface area (Å²) in [5.74, 6) is -0.745. The van der Waals surface area contributed by atoms with Gasteiger partial charge < -0.3 is 11.1 Å². The van der Waals surface area contributed by atoms with E-state index in [1.54, 1.807) is 0 Å². The molecule has 2 atom stereocenters. The second kappa shape index (κ2) is 6.56. The SMILES string of the molecule is Cc1cc(C)n(CCC(=O)N[C@@H]2CC=CC[C@H]2C(N)=O)n1. The molecule has 0 aromatic carbocycles. The summed E-state index contributed by atoms with van der Waals surface area (Å²) in [5.41, 5.74) is 7.36. The van der Waals surface area contributed by atoms with Gasteiger partial charge in [-0.1, -0.05) is 12.2 Å². The Labute approximate surface area is 124 Å². The van der Waals surface area contributed by atoms with Crippen LogP contribution < -0.4 is 11.1 Å². The van der Waals surface area contributed by atoms with Crippen molar-refractivity contribution in [3.05, 3.63) is 29.6 Å². The molecule has 21 heavy (non-hydrogen) atoms. The normalized spacial score (nSPS) is 21.2. The number of hydrogen-bond acceptors (Lipinski definition) is 3. The highest BCUT2D eigenvalue weighted by molar-refractivity contribution is 5.80. The Morgan fingerprint density at radius 2 is 2.10 bits per heavy atom. The van der Waals surface area contributed by atoms with E-state index in [1.807, 2.05) is 36.7 Å². The molecule has 0 radical (unpaired) electrons. The van der Waals surface area contributed by atoms with Crippen molar-refractivity contribution < 1.29 is 9.59 Å². The highest BCUT2D eigenvalue weighted by Gasteiger charge is 2.28. The lowest BCUT2D eigenvalue weighted by Gasteiger charge is -2.26. The fourth-order valence-electron chi connectivity index (χ4n) is 2.68. The van der Waals surface area contributed by atoms with Crippen LogP contribution in [0.2, 0.25) is 0 Å². The molecule has 2 rings (SSSR count).